The van der Waals surface area contributed by atoms with Gasteiger partial charge in [-0.05, 0) is 44.4 Å². The average Bonchev–Trinajstić information content (AvgIpc) is 2.28. The van der Waals surface area contributed by atoms with Gasteiger partial charge in [-0.3, -0.25) is 4.79 Å². The molecular weight excluding hydrogens is 232 g/mol. The van der Waals surface area contributed by atoms with Gasteiger partial charge in [0.2, 0.25) is 5.91 Å². The summed E-state index contributed by atoms with van der Waals surface area (Å²) in [5.74, 6) is 0.674. The molecule has 1 saturated heterocycles. The minimum absolute atomic E-state index is 0.0303. The van der Waals surface area contributed by atoms with E-state index in [1.165, 1.54) is 32.1 Å². The van der Waals surface area contributed by atoms with Crippen LogP contribution < -0.4 is 10.6 Å². The molecule has 98 valence electrons. The molecule has 1 aliphatic carbocycles. The summed E-state index contributed by atoms with van der Waals surface area (Å²) in [6.45, 7) is 4.00. The summed E-state index contributed by atoms with van der Waals surface area (Å²) in [6, 6.07) is 0.0303. The summed E-state index contributed by atoms with van der Waals surface area (Å²) in [4.78, 5) is 12.1. The molecule has 2 fully saturated rings. The molecule has 4 heteroatoms. The SMILES string of the molecule is CSC1(CNC(=O)C2NCCCC2C)CCC1. The standard InChI is InChI=1S/C13H24N2OS/c1-10-5-3-8-14-11(10)12(16)15-9-13(17-2)6-4-7-13/h10-11,14H,3-9H2,1-2H3,(H,15,16). The number of nitrogens with one attached hydrogen (secondary N) is 2. The summed E-state index contributed by atoms with van der Waals surface area (Å²) >= 11 is 1.91. The van der Waals surface area contributed by atoms with E-state index in [2.05, 4.69) is 23.8 Å². The van der Waals surface area contributed by atoms with E-state index >= 15 is 0 Å². The number of piperidine rings is 1. The first-order valence-electron chi connectivity index (χ1n) is 6.73. The van der Waals surface area contributed by atoms with Gasteiger partial charge in [-0.15, -0.1) is 0 Å². The van der Waals surface area contributed by atoms with Gasteiger partial charge in [0.1, 0.15) is 0 Å². The molecule has 0 radical (unpaired) electrons. The van der Waals surface area contributed by atoms with E-state index in [4.69, 9.17) is 0 Å². The smallest absolute Gasteiger partial charge is 0.237 e. The van der Waals surface area contributed by atoms with Crippen molar-refractivity contribution in [1.82, 2.24) is 10.6 Å². The third-order valence-electron chi connectivity index (χ3n) is 4.33. The third kappa shape index (κ3) is 2.97. The first-order valence-corrected chi connectivity index (χ1v) is 7.96. The molecule has 2 atom stereocenters. The van der Waals surface area contributed by atoms with Gasteiger partial charge in [0, 0.05) is 11.3 Å². The number of hydrogen-bond donors (Lipinski definition) is 2. The van der Waals surface area contributed by atoms with Crippen LogP contribution in [0, 0.1) is 5.92 Å². The fraction of sp³-hybridized carbons (Fsp3) is 0.923. The van der Waals surface area contributed by atoms with Gasteiger partial charge in [-0.25, -0.2) is 0 Å². The predicted octanol–water partition coefficient (Wildman–Crippen LogP) is 1.78. The number of amides is 1. The number of rotatable bonds is 4. The lowest BCUT2D eigenvalue weighted by molar-refractivity contribution is -0.125. The van der Waals surface area contributed by atoms with Crippen LogP contribution in [0.4, 0.5) is 0 Å². The molecule has 2 rings (SSSR count). The zero-order valence-corrected chi connectivity index (χ0v) is 11.7. The fourth-order valence-electron chi connectivity index (χ4n) is 2.78. The molecule has 17 heavy (non-hydrogen) atoms. The van der Waals surface area contributed by atoms with Crippen molar-refractivity contribution in [2.45, 2.75) is 49.8 Å². The second kappa shape index (κ2) is 5.61. The minimum Gasteiger partial charge on any atom is -0.353 e. The largest absolute Gasteiger partial charge is 0.353 e. The highest BCUT2D eigenvalue weighted by atomic mass is 32.2. The average molecular weight is 256 g/mol. The van der Waals surface area contributed by atoms with Crippen LogP contribution in [0.2, 0.25) is 0 Å². The predicted molar refractivity (Wildman–Crippen MR) is 73.3 cm³/mol. The second-order valence-electron chi connectivity index (χ2n) is 5.51. The summed E-state index contributed by atoms with van der Waals surface area (Å²) < 4.78 is 0.341. The first-order chi connectivity index (χ1) is 8.17. The Hall–Kier alpha value is -0.220. The topological polar surface area (TPSA) is 41.1 Å². The third-order valence-corrected chi connectivity index (χ3v) is 5.75. The molecule has 0 aromatic rings. The Morgan fingerprint density at radius 1 is 1.47 bits per heavy atom. The zero-order valence-electron chi connectivity index (χ0n) is 10.9. The highest BCUT2D eigenvalue weighted by Gasteiger charge is 2.37. The molecule has 1 heterocycles. The van der Waals surface area contributed by atoms with Crippen molar-refractivity contribution < 1.29 is 4.79 Å². The molecule has 0 spiro atoms. The van der Waals surface area contributed by atoms with Gasteiger partial charge in [0.15, 0.2) is 0 Å². The molecule has 2 N–H and O–H groups in total. The van der Waals surface area contributed by atoms with E-state index in [0.29, 0.717) is 10.7 Å². The Kier molecular flexibility index (Phi) is 4.36. The minimum atomic E-state index is 0.0303. The summed E-state index contributed by atoms with van der Waals surface area (Å²) in [7, 11) is 0. The maximum Gasteiger partial charge on any atom is 0.237 e. The Balaban J connectivity index is 1.80. The molecule has 1 amide bonds. The number of thioether (sulfide) groups is 1. The maximum atomic E-state index is 12.1. The van der Waals surface area contributed by atoms with E-state index in [0.717, 1.165) is 13.1 Å². The van der Waals surface area contributed by atoms with Crippen LogP contribution in [-0.2, 0) is 4.79 Å². The van der Waals surface area contributed by atoms with Crippen molar-refractivity contribution in [2.75, 3.05) is 19.3 Å². The molecular formula is C13H24N2OS. The summed E-state index contributed by atoms with van der Waals surface area (Å²) in [5.41, 5.74) is 0. The summed E-state index contributed by atoms with van der Waals surface area (Å²) in [5, 5.41) is 6.49. The fourth-order valence-corrected chi connectivity index (χ4v) is 3.70. The molecule has 2 unspecified atom stereocenters. The van der Waals surface area contributed by atoms with Crippen molar-refractivity contribution in [2.24, 2.45) is 5.92 Å². The van der Waals surface area contributed by atoms with E-state index in [-0.39, 0.29) is 11.9 Å². The van der Waals surface area contributed by atoms with Crippen LogP contribution in [-0.4, -0.2) is 36.0 Å². The monoisotopic (exact) mass is 256 g/mol. The van der Waals surface area contributed by atoms with Crippen LogP contribution in [0.3, 0.4) is 0 Å². The van der Waals surface area contributed by atoms with Crippen molar-refractivity contribution >= 4 is 17.7 Å². The van der Waals surface area contributed by atoms with Crippen molar-refractivity contribution in [3.05, 3.63) is 0 Å². The van der Waals surface area contributed by atoms with Gasteiger partial charge in [0.25, 0.3) is 0 Å². The van der Waals surface area contributed by atoms with E-state index in [9.17, 15) is 4.79 Å². The number of hydrogen-bond acceptors (Lipinski definition) is 3. The lowest BCUT2D eigenvalue weighted by Gasteiger charge is -2.41. The van der Waals surface area contributed by atoms with Gasteiger partial charge < -0.3 is 10.6 Å². The van der Waals surface area contributed by atoms with E-state index in [1.807, 2.05) is 11.8 Å². The van der Waals surface area contributed by atoms with Crippen molar-refractivity contribution in [1.29, 1.82) is 0 Å². The molecule has 0 aromatic heterocycles. The molecule has 0 aromatic carbocycles. The Morgan fingerprint density at radius 3 is 2.76 bits per heavy atom. The highest BCUT2D eigenvalue weighted by molar-refractivity contribution is 8.00. The van der Waals surface area contributed by atoms with Crippen molar-refractivity contribution in [3.8, 4) is 0 Å². The molecule has 1 saturated carbocycles. The Morgan fingerprint density at radius 2 is 2.24 bits per heavy atom. The lowest BCUT2D eigenvalue weighted by Crippen LogP contribution is -2.54. The lowest BCUT2D eigenvalue weighted by atomic mass is 9.84. The van der Waals surface area contributed by atoms with Gasteiger partial charge in [0.05, 0.1) is 6.04 Å². The molecule has 3 nitrogen and oxygen atoms in total. The Labute approximate surface area is 108 Å². The zero-order chi connectivity index (χ0) is 12.3. The van der Waals surface area contributed by atoms with Crippen LogP contribution in [0.1, 0.15) is 39.0 Å². The molecule has 1 aliphatic heterocycles. The van der Waals surface area contributed by atoms with Gasteiger partial charge in [-0.2, -0.15) is 11.8 Å². The quantitative estimate of drug-likeness (QED) is 0.805. The summed E-state index contributed by atoms with van der Waals surface area (Å²) in [6.07, 6.45) is 8.34. The first kappa shape index (κ1) is 13.2. The van der Waals surface area contributed by atoms with Crippen molar-refractivity contribution in [3.63, 3.8) is 0 Å². The van der Waals surface area contributed by atoms with Crippen LogP contribution in [0.5, 0.6) is 0 Å². The normalized spacial score (nSPS) is 31.6. The number of carbonyl (C=O) groups is 1. The van der Waals surface area contributed by atoms with Crippen LogP contribution in [0.25, 0.3) is 0 Å². The highest BCUT2D eigenvalue weighted by Crippen LogP contribution is 2.42. The molecule has 2 aliphatic rings. The molecule has 0 bridgehead atoms. The van der Waals surface area contributed by atoms with Gasteiger partial charge >= 0.3 is 0 Å². The number of carbonyl (C=O) groups excluding carboxylic acids is 1. The Bertz CT molecular complexity index is 273. The van der Waals surface area contributed by atoms with E-state index in [1.54, 1.807) is 0 Å². The second-order valence-corrected chi connectivity index (χ2v) is 6.78. The van der Waals surface area contributed by atoms with Crippen LogP contribution in [0.15, 0.2) is 0 Å². The maximum absolute atomic E-state index is 12.1. The van der Waals surface area contributed by atoms with Crippen LogP contribution >= 0.6 is 11.8 Å². The van der Waals surface area contributed by atoms with Gasteiger partial charge in [-0.1, -0.05) is 13.3 Å². The van der Waals surface area contributed by atoms with E-state index < -0.39 is 0 Å².